The minimum atomic E-state index is -0.357. The molecule has 2 fully saturated rings. The van der Waals surface area contributed by atoms with E-state index in [0.717, 1.165) is 31.2 Å². The first kappa shape index (κ1) is 16.0. The monoisotopic (exact) mass is 318 g/mol. The van der Waals surface area contributed by atoms with Gasteiger partial charge in [-0.05, 0) is 49.3 Å². The quantitative estimate of drug-likeness (QED) is 0.927. The molecule has 0 spiro atoms. The van der Waals surface area contributed by atoms with E-state index in [1.807, 2.05) is 0 Å². The summed E-state index contributed by atoms with van der Waals surface area (Å²) in [6.45, 7) is 3.12. The third kappa shape index (κ3) is 3.71. The van der Waals surface area contributed by atoms with E-state index in [9.17, 15) is 14.0 Å². The van der Waals surface area contributed by atoms with Crippen LogP contribution in [0.3, 0.4) is 0 Å². The van der Waals surface area contributed by atoms with E-state index in [1.165, 1.54) is 12.1 Å². The van der Waals surface area contributed by atoms with Crippen LogP contribution in [0.1, 0.15) is 38.2 Å². The molecule has 0 bridgehead atoms. The van der Waals surface area contributed by atoms with Crippen LogP contribution in [0.25, 0.3) is 0 Å². The maximum absolute atomic E-state index is 12.9. The summed E-state index contributed by atoms with van der Waals surface area (Å²) in [5.74, 6) is 0.311. The number of hydrogen-bond donors (Lipinski definition) is 1. The number of carbonyl (C=O) groups excluding carboxylic acids is 2. The Bertz CT molecular complexity index is 587. The number of piperidine rings is 1. The van der Waals surface area contributed by atoms with E-state index in [-0.39, 0.29) is 29.6 Å². The largest absolute Gasteiger partial charge is 0.350 e. The van der Waals surface area contributed by atoms with Crippen molar-refractivity contribution in [2.45, 2.75) is 45.2 Å². The number of likely N-dealkylation sites (tertiary alicyclic amines) is 1. The van der Waals surface area contributed by atoms with Gasteiger partial charge in [0.25, 0.3) is 0 Å². The highest BCUT2D eigenvalue weighted by molar-refractivity contribution is 5.89. The van der Waals surface area contributed by atoms with Gasteiger partial charge in [-0.1, -0.05) is 19.1 Å². The first-order chi connectivity index (χ1) is 11.1. The summed E-state index contributed by atoms with van der Waals surface area (Å²) < 4.78 is 12.9. The maximum Gasteiger partial charge on any atom is 0.243 e. The standard InChI is InChI=1S/C18H23FN2O2/c1-12-10-15(12)18(23)21-9-3-2-4-16(21)17(22)20-11-13-5-7-14(19)8-6-13/h5-8,12,15-16H,2-4,9-11H2,1H3,(H,20,22)/t12-,15+,16-/m1/s1. The van der Waals surface area contributed by atoms with Gasteiger partial charge in [0.15, 0.2) is 0 Å². The Balaban J connectivity index is 1.59. The fraction of sp³-hybridized carbons (Fsp3) is 0.556. The SMILES string of the molecule is C[C@@H]1C[C@@H]1C(=O)N1CCCC[C@@H]1C(=O)NCc1ccc(F)cc1. The second-order valence-electron chi connectivity index (χ2n) is 6.71. The topological polar surface area (TPSA) is 49.4 Å². The molecule has 1 aliphatic carbocycles. The minimum absolute atomic E-state index is 0.101. The van der Waals surface area contributed by atoms with Gasteiger partial charge in [0.1, 0.15) is 11.9 Å². The Morgan fingerprint density at radius 3 is 2.61 bits per heavy atom. The summed E-state index contributed by atoms with van der Waals surface area (Å²) in [5, 5.41) is 2.89. The normalized spacial score (nSPS) is 26.7. The molecule has 1 heterocycles. The van der Waals surface area contributed by atoms with Crippen LogP contribution >= 0.6 is 0 Å². The number of hydrogen-bond acceptors (Lipinski definition) is 2. The van der Waals surface area contributed by atoms with E-state index in [0.29, 0.717) is 19.0 Å². The number of nitrogens with zero attached hydrogens (tertiary/aromatic N) is 1. The molecule has 0 radical (unpaired) electrons. The number of benzene rings is 1. The fourth-order valence-electron chi connectivity index (χ4n) is 3.26. The Morgan fingerprint density at radius 1 is 1.26 bits per heavy atom. The van der Waals surface area contributed by atoms with Gasteiger partial charge in [-0.25, -0.2) is 4.39 Å². The van der Waals surface area contributed by atoms with Crippen LogP contribution in [0.2, 0.25) is 0 Å². The van der Waals surface area contributed by atoms with Gasteiger partial charge in [0.05, 0.1) is 0 Å². The number of halogens is 1. The van der Waals surface area contributed by atoms with Crippen LogP contribution < -0.4 is 5.32 Å². The Labute approximate surface area is 136 Å². The number of nitrogens with one attached hydrogen (secondary N) is 1. The molecule has 2 aliphatic rings. The zero-order valence-corrected chi connectivity index (χ0v) is 13.4. The summed E-state index contributed by atoms with van der Waals surface area (Å²) in [5.41, 5.74) is 0.851. The van der Waals surface area contributed by atoms with Crippen LogP contribution in [0.15, 0.2) is 24.3 Å². The molecule has 0 aromatic heterocycles. The Morgan fingerprint density at radius 2 is 1.96 bits per heavy atom. The lowest BCUT2D eigenvalue weighted by Gasteiger charge is -2.35. The Kier molecular flexibility index (Phi) is 4.64. The lowest BCUT2D eigenvalue weighted by atomic mass is 10.00. The van der Waals surface area contributed by atoms with Gasteiger partial charge in [-0.15, -0.1) is 0 Å². The van der Waals surface area contributed by atoms with Crippen molar-refractivity contribution in [1.82, 2.24) is 10.2 Å². The van der Waals surface area contributed by atoms with Gasteiger partial charge in [-0.2, -0.15) is 0 Å². The van der Waals surface area contributed by atoms with Crippen LogP contribution in [0.5, 0.6) is 0 Å². The zero-order valence-electron chi connectivity index (χ0n) is 13.4. The van der Waals surface area contributed by atoms with Crippen LogP contribution in [0.4, 0.5) is 4.39 Å². The highest BCUT2D eigenvalue weighted by Crippen LogP contribution is 2.40. The third-order valence-electron chi connectivity index (χ3n) is 4.90. The lowest BCUT2D eigenvalue weighted by molar-refractivity contribution is -0.143. The summed E-state index contributed by atoms with van der Waals surface area (Å²) in [4.78, 5) is 26.8. The van der Waals surface area contributed by atoms with Gasteiger partial charge in [0.2, 0.25) is 11.8 Å². The van der Waals surface area contributed by atoms with Gasteiger partial charge < -0.3 is 10.2 Å². The molecule has 124 valence electrons. The van der Waals surface area contributed by atoms with Crippen molar-refractivity contribution in [3.63, 3.8) is 0 Å². The molecule has 3 atom stereocenters. The van der Waals surface area contributed by atoms with Crippen LogP contribution in [-0.4, -0.2) is 29.3 Å². The summed E-state index contributed by atoms with van der Waals surface area (Å²) in [6, 6.07) is 5.72. The van der Waals surface area contributed by atoms with Crippen molar-refractivity contribution < 1.29 is 14.0 Å². The number of amides is 2. The van der Waals surface area contributed by atoms with E-state index < -0.39 is 0 Å². The average Bonchev–Trinajstić information content (AvgIpc) is 3.30. The Hall–Kier alpha value is -1.91. The van der Waals surface area contributed by atoms with Crippen molar-refractivity contribution in [2.24, 2.45) is 11.8 Å². The van der Waals surface area contributed by atoms with E-state index in [4.69, 9.17) is 0 Å². The summed E-state index contributed by atoms with van der Waals surface area (Å²) >= 11 is 0. The summed E-state index contributed by atoms with van der Waals surface area (Å²) in [7, 11) is 0. The average molecular weight is 318 g/mol. The van der Waals surface area contributed by atoms with Crippen molar-refractivity contribution in [3.8, 4) is 0 Å². The van der Waals surface area contributed by atoms with Gasteiger partial charge >= 0.3 is 0 Å². The molecule has 1 N–H and O–H groups in total. The minimum Gasteiger partial charge on any atom is -0.350 e. The van der Waals surface area contributed by atoms with E-state index in [1.54, 1.807) is 17.0 Å². The van der Waals surface area contributed by atoms with Gasteiger partial charge in [0, 0.05) is 19.0 Å². The maximum atomic E-state index is 12.9. The molecule has 1 saturated heterocycles. The molecular weight excluding hydrogens is 295 g/mol. The van der Waals surface area contributed by atoms with Crippen LogP contribution in [-0.2, 0) is 16.1 Å². The van der Waals surface area contributed by atoms with Gasteiger partial charge in [-0.3, -0.25) is 9.59 Å². The first-order valence-corrected chi connectivity index (χ1v) is 8.39. The van der Waals surface area contributed by atoms with Crippen molar-refractivity contribution in [1.29, 1.82) is 0 Å². The molecule has 4 nitrogen and oxygen atoms in total. The highest BCUT2D eigenvalue weighted by Gasteiger charge is 2.44. The van der Waals surface area contributed by atoms with E-state index in [2.05, 4.69) is 12.2 Å². The highest BCUT2D eigenvalue weighted by atomic mass is 19.1. The second kappa shape index (κ2) is 6.69. The summed E-state index contributed by atoms with van der Waals surface area (Å²) in [6.07, 6.45) is 3.61. The van der Waals surface area contributed by atoms with E-state index >= 15 is 0 Å². The third-order valence-corrected chi connectivity index (χ3v) is 4.90. The molecule has 1 saturated carbocycles. The first-order valence-electron chi connectivity index (χ1n) is 8.39. The molecule has 23 heavy (non-hydrogen) atoms. The van der Waals surface area contributed by atoms with Crippen molar-refractivity contribution in [2.75, 3.05) is 6.54 Å². The molecule has 1 aromatic rings. The van der Waals surface area contributed by atoms with Crippen molar-refractivity contribution in [3.05, 3.63) is 35.6 Å². The molecular formula is C18H23FN2O2. The number of rotatable bonds is 4. The molecule has 1 aromatic carbocycles. The molecule has 0 unspecified atom stereocenters. The molecule has 1 aliphatic heterocycles. The molecule has 5 heteroatoms. The smallest absolute Gasteiger partial charge is 0.243 e. The predicted molar refractivity (Wildman–Crippen MR) is 84.9 cm³/mol. The predicted octanol–water partition coefficient (Wildman–Crippen LogP) is 2.48. The molecule has 3 rings (SSSR count). The lowest BCUT2D eigenvalue weighted by Crippen LogP contribution is -2.52. The second-order valence-corrected chi connectivity index (χ2v) is 6.71. The molecule has 2 amide bonds. The fourth-order valence-corrected chi connectivity index (χ4v) is 3.26. The zero-order chi connectivity index (χ0) is 16.4. The van der Waals surface area contributed by atoms with Crippen molar-refractivity contribution >= 4 is 11.8 Å². The van der Waals surface area contributed by atoms with Crippen LogP contribution in [0, 0.1) is 17.7 Å². The number of carbonyl (C=O) groups is 2.